The largest absolute Gasteiger partial charge is 0.479 e. The third-order valence-corrected chi connectivity index (χ3v) is 5.77. The summed E-state index contributed by atoms with van der Waals surface area (Å²) in [6, 6.07) is 21.8. The molecule has 0 bridgehead atoms. The Balaban J connectivity index is 2.21. The van der Waals surface area contributed by atoms with E-state index in [1.165, 1.54) is 0 Å². The summed E-state index contributed by atoms with van der Waals surface area (Å²) >= 11 is 0. The number of carboxylic acids is 1. The van der Waals surface area contributed by atoms with Crippen LogP contribution in [0.25, 0.3) is 0 Å². The summed E-state index contributed by atoms with van der Waals surface area (Å²) in [5.41, 5.74) is 1.39. The monoisotopic (exact) mass is 443 g/mol. The molecule has 6 heteroatoms. The van der Waals surface area contributed by atoms with E-state index < -0.39 is 11.5 Å². The molecule has 2 aromatic carbocycles. The zero-order valence-corrected chi connectivity index (χ0v) is 19.3. The summed E-state index contributed by atoms with van der Waals surface area (Å²) in [4.78, 5) is 34.4. The predicted octanol–water partition coefficient (Wildman–Crippen LogP) is 5.31. The molecule has 170 valence electrons. The van der Waals surface area contributed by atoms with E-state index in [1.807, 2.05) is 76.2 Å². The maximum absolute atomic E-state index is 12.8. The number of para-hydroxylation sites is 1. The van der Waals surface area contributed by atoms with Crippen LogP contribution in [-0.2, 0) is 4.79 Å². The average Bonchev–Trinajstić information content (AvgIpc) is 2.81. The Hall–Kier alpha value is -3.80. The van der Waals surface area contributed by atoms with Crippen LogP contribution < -0.4 is 5.32 Å². The van der Waals surface area contributed by atoms with Gasteiger partial charge in [-0.15, -0.1) is 0 Å². The molecule has 1 heterocycles. The number of carboxylic acid groups (broad SMARTS) is 1. The molecule has 0 atom stereocenters. The first-order valence-electron chi connectivity index (χ1n) is 11.0. The van der Waals surface area contributed by atoms with Crippen molar-refractivity contribution in [1.82, 2.24) is 4.98 Å². The number of aromatic nitrogens is 1. The molecule has 0 radical (unpaired) electrons. The van der Waals surface area contributed by atoms with E-state index in [1.54, 1.807) is 30.5 Å². The highest BCUT2D eigenvalue weighted by molar-refractivity contribution is 6.18. The van der Waals surface area contributed by atoms with Crippen molar-refractivity contribution in [1.29, 1.82) is 0 Å². The second kappa shape index (κ2) is 10.2. The maximum atomic E-state index is 12.8. The van der Waals surface area contributed by atoms with Crippen molar-refractivity contribution < 1.29 is 14.7 Å². The fourth-order valence-corrected chi connectivity index (χ4v) is 4.01. The molecule has 2 N–H and O–H groups in total. The van der Waals surface area contributed by atoms with Gasteiger partial charge in [-0.3, -0.25) is 14.8 Å². The third kappa shape index (κ3) is 5.00. The number of aliphatic imine (C=N–C) groups is 1. The third-order valence-electron chi connectivity index (χ3n) is 5.77. The van der Waals surface area contributed by atoms with E-state index in [-0.39, 0.29) is 23.4 Å². The number of benzene rings is 2. The number of pyridine rings is 1. The molecule has 0 aliphatic rings. The van der Waals surface area contributed by atoms with E-state index in [0.717, 1.165) is 5.56 Å². The number of nitrogens with one attached hydrogen (secondary N) is 1. The highest BCUT2D eigenvalue weighted by atomic mass is 16.4. The van der Waals surface area contributed by atoms with Crippen molar-refractivity contribution in [3.8, 4) is 0 Å². The number of aliphatic carboxylic acids is 1. The molecule has 1 amide bonds. The molecule has 0 spiro atoms. The van der Waals surface area contributed by atoms with Gasteiger partial charge < -0.3 is 10.4 Å². The number of carbonyl (C=O) groups excluding carboxylic acids is 1. The van der Waals surface area contributed by atoms with Gasteiger partial charge in [-0.25, -0.2) is 4.79 Å². The summed E-state index contributed by atoms with van der Waals surface area (Å²) in [7, 11) is 0. The first-order valence-corrected chi connectivity index (χ1v) is 11.0. The average molecular weight is 444 g/mol. The Morgan fingerprint density at radius 2 is 1.48 bits per heavy atom. The molecule has 0 unspecified atom stereocenters. The smallest absolute Gasteiger partial charge is 0.332 e. The lowest BCUT2D eigenvalue weighted by Gasteiger charge is -2.34. The van der Waals surface area contributed by atoms with Gasteiger partial charge in [-0.2, -0.15) is 0 Å². The lowest BCUT2D eigenvalue weighted by atomic mass is 9.77. The maximum Gasteiger partial charge on any atom is 0.332 e. The standard InChI is InChI=1S/C27H29N3O3/c1-18(2)27(19(3)4,26(32)33)30-24(20-12-6-5-7-13-20)21-14-8-9-15-22(21)29-25(31)23-16-10-11-17-28-23/h5-19H,1-4H3,(H,29,31)(H,32,33). The fraction of sp³-hybridized carbons (Fsp3) is 0.259. The molecule has 1 aromatic heterocycles. The zero-order chi connectivity index (χ0) is 24.0. The zero-order valence-electron chi connectivity index (χ0n) is 19.3. The van der Waals surface area contributed by atoms with Crippen molar-refractivity contribution in [2.45, 2.75) is 33.2 Å². The Morgan fingerprint density at radius 1 is 0.879 bits per heavy atom. The molecule has 3 aromatic rings. The highest BCUT2D eigenvalue weighted by Crippen LogP contribution is 2.34. The van der Waals surface area contributed by atoms with Crippen molar-refractivity contribution >= 4 is 23.3 Å². The SMILES string of the molecule is CC(C)C(N=C(c1ccccc1)c1ccccc1NC(=O)c1ccccn1)(C(=O)O)C(C)C. The molecule has 0 aliphatic carbocycles. The molecular formula is C27H29N3O3. The Kier molecular flexibility index (Phi) is 7.38. The van der Waals surface area contributed by atoms with E-state index in [9.17, 15) is 14.7 Å². The second-order valence-corrected chi connectivity index (χ2v) is 8.48. The van der Waals surface area contributed by atoms with Crippen LogP contribution in [0.3, 0.4) is 0 Å². The van der Waals surface area contributed by atoms with Crippen LogP contribution in [0.15, 0.2) is 84.0 Å². The number of rotatable bonds is 8. The van der Waals surface area contributed by atoms with Crippen molar-refractivity contribution in [2.24, 2.45) is 16.8 Å². The van der Waals surface area contributed by atoms with Crippen molar-refractivity contribution in [3.05, 3.63) is 95.8 Å². The molecule has 0 saturated heterocycles. The minimum Gasteiger partial charge on any atom is -0.479 e. The lowest BCUT2D eigenvalue weighted by molar-refractivity contribution is -0.147. The first kappa shape index (κ1) is 23.9. The topological polar surface area (TPSA) is 91.7 Å². The summed E-state index contributed by atoms with van der Waals surface area (Å²) < 4.78 is 0. The van der Waals surface area contributed by atoms with Gasteiger partial charge in [0.25, 0.3) is 5.91 Å². The van der Waals surface area contributed by atoms with Crippen LogP contribution in [0.4, 0.5) is 5.69 Å². The Morgan fingerprint density at radius 3 is 2.06 bits per heavy atom. The summed E-state index contributed by atoms with van der Waals surface area (Å²) in [5, 5.41) is 13.2. The van der Waals surface area contributed by atoms with Gasteiger partial charge in [0.05, 0.1) is 11.4 Å². The molecule has 6 nitrogen and oxygen atoms in total. The van der Waals surface area contributed by atoms with Crippen LogP contribution in [0.1, 0.15) is 49.3 Å². The Labute approximate surface area is 194 Å². The van der Waals surface area contributed by atoms with Crippen LogP contribution in [0, 0.1) is 11.8 Å². The molecular weight excluding hydrogens is 414 g/mol. The van der Waals surface area contributed by atoms with Gasteiger partial charge >= 0.3 is 5.97 Å². The second-order valence-electron chi connectivity index (χ2n) is 8.48. The number of hydrogen-bond donors (Lipinski definition) is 2. The minimum absolute atomic E-state index is 0.260. The molecule has 33 heavy (non-hydrogen) atoms. The minimum atomic E-state index is -1.34. The number of carbonyl (C=O) groups is 2. The van der Waals surface area contributed by atoms with Gasteiger partial charge in [0, 0.05) is 17.3 Å². The van der Waals surface area contributed by atoms with E-state index in [4.69, 9.17) is 4.99 Å². The number of hydrogen-bond acceptors (Lipinski definition) is 4. The van der Waals surface area contributed by atoms with Crippen LogP contribution in [0.2, 0.25) is 0 Å². The van der Waals surface area contributed by atoms with Gasteiger partial charge in [-0.05, 0) is 30.0 Å². The summed E-state index contributed by atoms with van der Waals surface area (Å²) in [6.45, 7) is 7.48. The molecule has 3 rings (SSSR count). The van der Waals surface area contributed by atoms with Gasteiger partial charge in [0.15, 0.2) is 5.54 Å². The van der Waals surface area contributed by atoms with E-state index in [0.29, 0.717) is 17.0 Å². The first-order chi connectivity index (χ1) is 15.8. The highest BCUT2D eigenvalue weighted by Gasteiger charge is 2.45. The van der Waals surface area contributed by atoms with Gasteiger partial charge in [0.1, 0.15) is 5.69 Å². The van der Waals surface area contributed by atoms with Crippen molar-refractivity contribution in [2.75, 3.05) is 5.32 Å². The van der Waals surface area contributed by atoms with Crippen LogP contribution >= 0.6 is 0 Å². The van der Waals surface area contributed by atoms with Gasteiger partial charge in [-0.1, -0.05) is 82.3 Å². The van der Waals surface area contributed by atoms with E-state index >= 15 is 0 Å². The van der Waals surface area contributed by atoms with Crippen LogP contribution in [-0.4, -0.2) is 33.2 Å². The van der Waals surface area contributed by atoms with Gasteiger partial charge in [0.2, 0.25) is 0 Å². The number of amides is 1. The molecule has 0 aliphatic heterocycles. The fourth-order valence-electron chi connectivity index (χ4n) is 4.01. The summed E-state index contributed by atoms with van der Waals surface area (Å²) in [6.07, 6.45) is 1.56. The lowest BCUT2D eigenvalue weighted by Crippen LogP contribution is -2.47. The molecule has 0 saturated carbocycles. The van der Waals surface area contributed by atoms with E-state index in [2.05, 4.69) is 10.3 Å². The Bertz CT molecular complexity index is 1130. The van der Waals surface area contributed by atoms with Crippen molar-refractivity contribution in [3.63, 3.8) is 0 Å². The van der Waals surface area contributed by atoms with Crippen LogP contribution in [0.5, 0.6) is 0 Å². The summed E-state index contributed by atoms with van der Waals surface area (Å²) in [5.74, 6) is -1.85. The molecule has 0 fully saturated rings. The predicted molar refractivity (Wildman–Crippen MR) is 131 cm³/mol. The normalized spacial score (nSPS) is 12.1. The number of nitrogens with zero attached hydrogens (tertiary/aromatic N) is 2. The quantitative estimate of drug-likeness (QED) is 0.462. The number of anilines is 1.